The first-order valence-corrected chi connectivity index (χ1v) is 35.6. The molecule has 104 heavy (non-hydrogen) atoms. The molecule has 0 spiro atoms. The molecule has 5 heteroatoms. The molecular formula is C99H81N5. The maximum absolute atomic E-state index is 2.29. The van der Waals surface area contributed by atoms with E-state index in [1.807, 2.05) is 42.5 Å². The van der Waals surface area contributed by atoms with Crippen molar-refractivity contribution in [3.63, 3.8) is 0 Å². The van der Waals surface area contributed by atoms with Crippen LogP contribution in [0.3, 0.4) is 0 Å². The Hall–Kier alpha value is -13.5. The fourth-order valence-corrected chi connectivity index (χ4v) is 13.3. The van der Waals surface area contributed by atoms with Crippen molar-refractivity contribution in [1.29, 1.82) is 0 Å². The molecule has 0 amide bonds. The van der Waals surface area contributed by atoms with Gasteiger partial charge in [-0.1, -0.05) is 273 Å². The van der Waals surface area contributed by atoms with Crippen LogP contribution >= 0.6 is 0 Å². The monoisotopic (exact) mass is 1340 g/mol. The van der Waals surface area contributed by atoms with Crippen LogP contribution in [0.4, 0.5) is 85.3 Å². The molecule has 0 aliphatic heterocycles. The maximum atomic E-state index is 2.29. The van der Waals surface area contributed by atoms with E-state index in [2.05, 4.69) is 437 Å². The molecule has 0 radical (unpaired) electrons. The Labute approximate surface area is 613 Å². The van der Waals surface area contributed by atoms with Crippen LogP contribution in [0.15, 0.2) is 477 Å². The third-order valence-corrected chi connectivity index (χ3v) is 18.3. The first-order valence-electron chi connectivity index (χ1n) is 35.6. The molecular weight excluding hydrogens is 1260 g/mol. The van der Waals surface area contributed by atoms with Gasteiger partial charge in [-0.15, -0.1) is 0 Å². The minimum atomic E-state index is 1.12. The predicted octanol–water partition coefficient (Wildman–Crippen LogP) is 28.1. The van der Waals surface area contributed by atoms with Crippen molar-refractivity contribution >= 4 is 85.3 Å². The van der Waals surface area contributed by atoms with Crippen molar-refractivity contribution in [2.45, 2.75) is 19.3 Å². The zero-order chi connectivity index (χ0) is 70.2. The minimum absolute atomic E-state index is 1.12. The van der Waals surface area contributed by atoms with Crippen LogP contribution in [0.5, 0.6) is 0 Å². The van der Waals surface area contributed by atoms with Gasteiger partial charge in [-0.25, -0.2) is 0 Å². The van der Waals surface area contributed by atoms with Crippen LogP contribution < -0.4 is 24.5 Å². The lowest BCUT2D eigenvalue weighted by Gasteiger charge is -2.28. The number of hydrogen-bond donors (Lipinski definition) is 0. The van der Waals surface area contributed by atoms with Gasteiger partial charge in [0.15, 0.2) is 0 Å². The number of nitrogens with zero attached hydrogens (tertiary/aromatic N) is 5. The first kappa shape index (κ1) is 67.7. The van der Waals surface area contributed by atoms with Crippen LogP contribution in [0.2, 0.25) is 0 Å². The van der Waals surface area contributed by atoms with Gasteiger partial charge < -0.3 is 24.5 Å². The quantitative estimate of drug-likeness (QED) is 0.0848. The molecule has 5 nitrogen and oxygen atoms in total. The Morgan fingerprint density at radius 1 is 0.144 bits per heavy atom. The summed E-state index contributed by atoms with van der Waals surface area (Å²) in [5.74, 6) is 0. The summed E-state index contributed by atoms with van der Waals surface area (Å²) in [7, 11) is 0. The molecule has 0 N–H and O–H groups in total. The van der Waals surface area contributed by atoms with Crippen LogP contribution in [0, 0.1) is 0 Å². The zero-order valence-corrected chi connectivity index (χ0v) is 58.2. The zero-order valence-electron chi connectivity index (χ0n) is 58.2. The van der Waals surface area contributed by atoms with E-state index in [-0.39, 0.29) is 0 Å². The Morgan fingerprint density at radius 2 is 0.298 bits per heavy atom. The molecule has 0 atom stereocenters. The summed E-state index contributed by atoms with van der Waals surface area (Å²) in [6, 6.07) is 142. The van der Waals surface area contributed by atoms with Gasteiger partial charge in [0.1, 0.15) is 0 Å². The fraction of sp³-hybridized carbons (Fsp3) is 0.0303. The number of allylic oxidation sites excluding steroid dienone is 12. The Morgan fingerprint density at radius 3 is 0.452 bits per heavy atom. The number of para-hydroxylation sites is 11. The highest BCUT2D eigenvalue weighted by Gasteiger charge is 2.20. The largest absolute Gasteiger partial charge is 0.311 e. The van der Waals surface area contributed by atoms with E-state index in [1.165, 1.54) is 50.5 Å². The topological polar surface area (TPSA) is 16.2 Å². The second kappa shape index (κ2) is 34.5. The van der Waals surface area contributed by atoms with Gasteiger partial charge in [0.25, 0.3) is 0 Å². The molecule has 0 bridgehead atoms. The van der Waals surface area contributed by atoms with E-state index in [9.17, 15) is 0 Å². The Kier molecular flexibility index (Phi) is 22.5. The summed E-state index contributed by atoms with van der Waals surface area (Å²) in [6.07, 6.45) is 21.2. The summed E-state index contributed by atoms with van der Waals surface area (Å²) in [6.45, 7) is 0. The van der Waals surface area contributed by atoms with Gasteiger partial charge in [0.05, 0.1) is 0 Å². The van der Waals surface area contributed by atoms with Crippen LogP contribution in [-0.4, -0.2) is 0 Å². The molecule has 17 rings (SSSR count). The SMILES string of the molecule is C1=CCC(C2=CC=C(C3=CC=CC3)C2)=C1.c1ccc(N(c2ccccc2)c2ccc(-c3ccc(N(c4ccccc4)c4ccccc4)cc3)cc2)cc1.c1ccc(N(c2ccccc2)c2ccc(N(c3ccccc3)c3ccccc3)cc2)cc1.c1ccc(N(c2ccccc2)c2ccccc2)cc1. The van der Waals surface area contributed by atoms with Gasteiger partial charge in [-0.05, 0) is 235 Å². The maximum Gasteiger partial charge on any atom is 0.0463 e. The summed E-state index contributed by atoms with van der Waals surface area (Å²) < 4.78 is 0. The van der Waals surface area contributed by atoms with Crippen molar-refractivity contribution < 1.29 is 0 Å². The second-order valence-corrected chi connectivity index (χ2v) is 25.2. The summed E-state index contributed by atoms with van der Waals surface area (Å²) in [4.78, 5) is 11.4. The summed E-state index contributed by atoms with van der Waals surface area (Å²) >= 11 is 0. The van der Waals surface area contributed by atoms with E-state index in [1.54, 1.807) is 0 Å². The van der Waals surface area contributed by atoms with Gasteiger partial charge in [0.2, 0.25) is 0 Å². The predicted molar refractivity (Wildman–Crippen MR) is 443 cm³/mol. The summed E-state index contributed by atoms with van der Waals surface area (Å²) in [5, 5.41) is 0. The normalized spacial score (nSPS) is 12.3. The molecule has 0 fully saturated rings. The first-order chi connectivity index (χ1) is 51.6. The second-order valence-electron chi connectivity index (χ2n) is 25.2. The molecule has 0 unspecified atom stereocenters. The lowest BCUT2D eigenvalue weighted by atomic mass is 9.98. The van der Waals surface area contributed by atoms with E-state index < -0.39 is 0 Å². The lowest BCUT2D eigenvalue weighted by Crippen LogP contribution is -2.12. The molecule has 14 aromatic carbocycles. The Balaban J connectivity index is 0.000000124. The average Bonchev–Trinajstić information content (AvgIpc) is 1.25. The molecule has 0 saturated heterocycles. The molecule has 3 aliphatic rings. The number of anilines is 15. The standard InChI is InChI=1S/C36H28N2.C30H24N2.C18H15N.C15H14/c1-5-13-31(14-6-1)37(32-15-7-2-8-16-32)35-25-21-29(22-26-35)30-23-27-36(28-24-30)38(33-17-9-3-10-18-33)34-19-11-4-12-20-34;1-5-13-25(14-6-1)31(26-15-7-2-8-16-26)29-21-23-30(24-22-29)32(27-17-9-3-10-18-27)28-19-11-4-12-20-28;1-4-10-16(11-5-1)19(17-12-6-2-7-13-17)18-14-8-3-9-15-18;1-2-6-12(5-1)14-9-10-15(11-14)13-7-3-4-8-13/h1-28H;1-24H;1-15H;1-5,7,9-10H,6,8,11H2. The van der Waals surface area contributed by atoms with Crippen molar-refractivity contribution in [2.75, 3.05) is 24.5 Å². The van der Waals surface area contributed by atoms with Crippen molar-refractivity contribution in [2.24, 2.45) is 0 Å². The highest BCUT2D eigenvalue weighted by Crippen LogP contribution is 2.42. The highest BCUT2D eigenvalue weighted by molar-refractivity contribution is 5.84. The molecule has 3 aliphatic carbocycles. The molecule has 502 valence electrons. The smallest absolute Gasteiger partial charge is 0.0463 e. The minimum Gasteiger partial charge on any atom is -0.311 e. The van der Waals surface area contributed by atoms with E-state index in [4.69, 9.17) is 0 Å². The van der Waals surface area contributed by atoms with E-state index in [0.29, 0.717) is 0 Å². The number of hydrogen-bond acceptors (Lipinski definition) is 5. The van der Waals surface area contributed by atoms with Gasteiger partial charge in [-0.2, -0.15) is 0 Å². The number of rotatable bonds is 18. The third-order valence-electron chi connectivity index (χ3n) is 18.3. The molecule has 0 saturated carbocycles. The van der Waals surface area contributed by atoms with Gasteiger partial charge >= 0.3 is 0 Å². The summed E-state index contributed by atoms with van der Waals surface area (Å²) in [5.41, 5.74) is 25.4. The molecule has 0 heterocycles. The number of benzene rings is 14. The van der Waals surface area contributed by atoms with Crippen LogP contribution in [0.1, 0.15) is 19.3 Å². The Bertz CT molecular complexity index is 4610. The molecule has 0 aromatic heterocycles. The van der Waals surface area contributed by atoms with Crippen LogP contribution in [0.25, 0.3) is 11.1 Å². The van der Waals surface area contributed by atoms with Gasteiger partial charge in [-0.3, -0.25) is 0 Å². The molecule has 14 aromatic rings. The third kappa shape index (κ3) is 17.0. The van der Waals surface area contributed by atoms with Crippen LogP contribution in [-0.2, 0) is 0 Å². The van der Waals surface area contributed by atoms with Crippen molar-refractivity contribution in [3.8, 4) is 11.1 Å². The highest BCUT2D eigenvalue weighted by atomic mass is 15.2. The van der Waals surface area contributed by atoms with Crippen molar-refractivity contribution in [1.82, 2.24) is 0 Å². The van der Waals surface area contributed by atoms with Crippen molar-refractivity contribution in [3.05, 3.63) is 477 Å². The average molecular weight is 1340 g/mol. The van der Waals surface area contributed by atoms with E-state index in [0.717, 1.165) is 87.5 Å². The van der Waals surface area contributed by atoms with Gasteiger partial charge in [0, 0.05) is 85.3 Å². The van der Waals surface area contributed by atoms with E-state index >= 15 is 0 Å². The lowest BCUT2D eigenvalue weighted by molar-refractivity contribution is 1.10. The fourth-order valence-electron chi connectivity index (χ4n) is 13.3.